The SMILES string of the molecule is CNC(=O)c1cc(Oc2ccc(COC(=O)Nc3cc(C(F)(F)F)ccn3)cc2)ccn1. The molecule has 3 aromatic rings. The minimum absolute atomic E-state index is 0.124. The first-order valence-electron chi connectivity index (χ1n) is 9.16. The van der Waals surface area contributed by atoms with Crippen molar-refractivity contribution in [2.24, 2.45) is 0 Å². The van der Waals surface area contributed by atoms with E-state index in [0.29, 0.717) is 23.1 Å². The molecule has 2 N–H and O–H groups in total. The molecule has 0 aliphatic rings. The average molecular weight is 446 g/mol. The Bertz CT molecular complexity index is 1100. The summed E-state index contributed by atoms with van der Waals surface area (Å²) in [6.07, 6.45) is -3.11. The van der Waals surface area contributed by atoms with E-state index in [-0.39, 0.29) is 24.0 Å². The van der Waals surface area contributed by atoms with Crippen LogP contribution in [-0.2, 0) is 17.5 Å². The monoisotopic (exact) mass is 446 g/mol. The molecule has 8 nitrogen and oxygen atoms in total. The normalized spacial score (nSPS) is 10.9. The summed E-state index contributed by atoms with van der Waals surface area (Å²) in [5.41, 5.74) is -0.114. The second-order valence-electron chi connectivity index (χ2n) is 6.33. The Kier molecular flexibility index (Phi) is 6.88. The summed E-state index contributed by atoms with van der Waals surface area (Å²) in [7, 11) is 1.49. The highest BCUT2D eigenvalue weighted by Gasteiger charge is 2.30. The fourth-order valence-electron chi connectivity index (χ4n) is 2.48. The Morgan fingerprint density at radius 1 is 0.969 bits per heavy atom. The van der Waals surface area contributed by atoms with Gasteiger partial charge in [0, 0.05) is 25.5 Å². The maximum atomic E-state index is 12.7. The number of amides is 2. The second kappa shape index (κ2) is 9.77. The van der Waals surface area contributed by atoms with Crippen molar-refractivity contribution in [3.05, 3.63) is 77.7 Å². The number of anilines is 1. The third kappa shape index (κ3) is 6.17. The van der Waals surface area contributed by atoms with Crippen LogP contribution < -0.4 is 15.4 Å². The molecule has 0 spiro atoms. The number of pyridine rings is 2. The average Bonchev–Trinajstić information content (AvgIpc) is 2.78. The summed E-state index contributed by atoms with van der Waals surface area (Å²) in [6, 6.07) is 11.1. The molecule has 3 rings (SSSR count). The van der Waals surface area contributed by atoms with Crippen molar-refractivity contribution in [2.75, 3.05) is 12.4 Å². The van der Waals surface area contributed by atoms with Crippen molar-refractivity contribution >= 4 is 17.8 Å². The van der Waals surface area contributed by atoms with E-state index in [0.717, 1.165) is 12.3 Å². The van der Waals surface area contributed by atoms with E-state index in [4.69, 9.17) is 9.47 Å². The number of alkyl halides is 3. The van der Waals surface area contributed by atoms with Gasteiger partial charge in [-0.05, 0) is 35.9 Å². The molecule has 0 atom stereocenters. The van der Waals surface area contributed by atoms with Gasteiger partial charge in [-0.25, -0.2) is 9.78 Å². The predicted molar refractivity (Wildman–Crippen MR) is 107 cm³/mol. The summed E-state index contributed by atoms with van der Waals surface area (Å²) in [6.45, 7) is -0.124. The molecule has 11 heteroatoms. The number of nitrogens with one attached hydrogen (secondary N) is 2. The molecular weight excluding hydrogens is 429 g/mol. The van der Waals surface area contributed by atoms with Crippen molar-refractivity contribution < 1.29 is 32.2 Å². The summed E-state index contributed by atoms with van der Waals surface area (Å²) in [5.74, 6) is 0.264. The van der Waals surface area contributed by atoms with Crippen LogP contribution in [0.25, 0.3) is 0 Å². The number of carbonyl (C=O) groups excluding carboxylic acids is 2. The van der Waals surface area contributed by atoms with Crippen LogP contribution in [0.4, 0.5) is 23.8 Å². The van der Waals surface area contributed by atoms with E-state index >= 15 is 0 Å². The van der Waals surface area contributed by atoms with Gasteiger partial charge in [0.1, 0.15) is 29.6 Å². The van der Waals surface area contributed by atoms with Crippen molar-refractivity contribution in [2.45, 2.75) is 12.8 Å². The quantitative estimate of drug-likeness (QED) is 0.582. The molecule has 0 fully saturated rings. The third-order valence-electron chi connectivity index (χ3n) is 4.04. The summed E-state index contributed by atoms with van der Waals surface area (Å²) < 4.78 is 48.8. The molecule has 0 aliphatic carbocycles. The summed E-state index contributed by atoms with van der Waals surface area (Å²) in [5, 5.41) is 4.62. The van der Waals surface area contributed by atoms with E-state index in [1.807, 2.05) is 0 Å². The lowest BCUT2D eigenvalue weighted by Gasteiger charge is -2.10. The minimum Gasteiger partial charge on any atom is -0.457 e. The molecule has 0 saturated heterocycles. The van der Waals surface area contributed by atoms with Gasteiger partial charge >= 0.3 is 12.3 Å². The molecule has 166 valence electrons. The second-order valence-corrected chi connectivity index (χ2v) is 6.33. The Balaban J connectivity index is 1.54. The van der Waals surface area contributed by atoms with Crippen LogP contribution in [-0.4, -0.2) is 29.0 Å². The highest BCUT2D eigenvalue weighted by Crippen LogP contribution is 2.30. The standard InChI is InChI=1S/C21H17F3N4O4/c1-25-19(29)17-11-16(7-9-26-17)32-15-4-2-13(3-5-15)12-31-20(30)28-18-10-14(6-8-27-18)21(22,23)24/h2-11H,12H2,1H3,(H,25,29)(H,27,28,30). The maximum Gasteiger partial charge on any atom is 0.416 e. The number of carbonyl (C=O) groups is 2. The van der Waals surface area contributed by atoms with Crippen LogP contribution in [0.3, 0.4) is 0 Å². The molecule has 32 heavy (non-hydrogen) atoms. The lowest BCUT2D eigenvalue weighted by atomic mass is 10.2. The Morgan fingerprint density at radius 3 is 2.38 bits per heavy atom. The molecule has 0 bridgehead atoms. The fourth-order valence-corrected chi connectivity index (χ4v) is 2.48. The molecule has 2 aromatic heterocycles. The van der Waals surface area contributed by atoms with Gasteiger partial charge in [0.05, 0.1) is 5.56 Å². The Labute approximate surface area is 180 Å². The topological polar surface area (TPSA) is 102 Å². The number of benzene rings is 1. The van der Waals surface area contributed by atoms with Gasteiger partial charge < -0.3 is 14.8 Å². The fraction of sp³-hybridized carbons (Fsp3) is 0.143. The first-order valence-corrected chi connectivity index (χ1v) is 9.16. The number of nitrogens with zero attached hydrogens (tertiary/aromatic N) is 2. The van der Waals surface area contributed by atoms with Crippen LogP contribution in [0.5, 0.6) is 11.5 Å². The lowest BCUT2D eigenvalue weighted by Crippen LogP contribution is -2.18. The van der Waals surface area contributed by atoms with Gasteiger partial charge in [-0.2, -0.15) is 13.2 Å². The predicted octanol–water partition coefficient (Wildman–Crippen LogP) is 4.40. The Hall–Kier alpha value is -4.15. The highest BCUT2D eigenvalue weighted by molar-refractivity contribution is 5.92. The van der Waals surface area contributed by atoms with Crippen LogP contribution in [0.15, 0.2) is 60.9 Å². The zero-order valence-corrected chi connectivity index (χ0v) is 16.6. The van der Waals surface area contributed by atoms with Crippen LogP contribution in [0.2, 0.25) is 0 Å². The van der Waals surface area contributed by atoms with Gasteiger partial charge in [0.2, 0.25) is 0 Å². The first-order chi connectivity index (χ1) is 15.2. The van der Waals surface area contributed by atoms with E-state index in [1.165, 1.54) is 19.3 Å². The lowest BCUT2D eigenvalue weighted by molar-refractivity contribution is -0.137. The molecule has 2 amide bonds. The molecule has 1 aromatic carbocycles. The van der Waals surface area contributed by atoms with Crippen LogP contribution in [0.1, 0.15) is 21.6 Å². The Morgan fingerprint density at radius 2 is 1.69 bits per heavy atom. The van der Waals surface area contributed by atoms with E-state index in [2.05, 4.69) is 20.6 Å². The number of rotatable bonds is 6. The molecule has 0 unspecified atom stereocenters. The maximum absolute atomic E-state index is 12.7. The first kappa shape index (κ1) is 22.5. The largest absolute Gasteiger partial charge is 0.457 e. The number of hydrogen-bond donors (Lipinski definition) is 2. The minimum atomic E-state index is -4.55. The molecule has 2 heterocycles. The molecule has 0 aliphatic heterocycles. The van der Waals surface area contributed by atoms with Crippen molar-refractivity contribution in [1.29, 1.82) is 0 Å². The number of ether oxygens (including phenoxy) is 2. The van der Waals surface area contributed by atoms with Gasteiger partial charge in [-0.1, -0.05) is 12.1 Å². The van der Waals surface area contributed by atoms with Crippen molar-refractivity contribution in [3.63, 3.8) is 0 Å². The number of aromatic nitrogens is 2. The van der Waals surface area contributed by atoms with Crippen LogP contribution >= 0.6 is 0 Å². The zero-order chi connectivity index (χ0) is 23.1. The van der Waals surface area contributed by atoms with Gasteiger partial charge in [0.15, 0.2) is 0 Å². The van der Waals surface area contributed by atoms with Gasteiger partial charge in [-0.3, -0.25) is 15.1 Å². The summed E-state index contributed by atoms with van der Waals surface area (Å²) in [4.78, 5) is 31.1. The van der Waals surface area contributed by atoms with Crippen molar-refractivity contribution in [1.82, 2.24) is 15.3 Å². The van der Waals surface area contributed by atoms with E-state index in [1.54, 1.807) is 30.3 Å². The zero-order valence-electron chi connectivity index (χ0n) is 16.6. The molecular formula is C21H17F3N4O4. The van der Waals surface area contributed by atoms with E-state index < -0.39 is 17.8 Å². The highest BCUT2D eigenvalue weighted by atomic mass is 19.4. The smallest absolute Gasteiger partial charge is 0.416 e. The van der Waals surface area contributed by atoms with E-state index in [9.17, 15) is 22.8 Å². The number of hydrogen-bond acceptors (Lipinski definition) is 6. The van der Waals surface area contributed by atoms with Gasteiger partial charge in [0.25, 0.3) is 5.91 Å². The van der Waals surface area contributed by atoms with Crippen molar-refractivity contribution in [3.8, 4) is 11.5 Å². The van der Waals surface area contributed by atoms with Crippen LogP contribution in [0, 0.1) is 0 Å². The van der Waals surface area contributed by atoms with Gasteiger partial charge in [-0.15, -0.1) is 0 Å². The summed E-state index contributed by atoms with van der Waals surface area (Å²) >= 11 is 0. The molecule has 0 saturated carbocycles. The third-order valence-corrected chi connectivity index (χ3v) is 4.04. The molecule has 0 radical (unpaired) electrons. The number of halogens is 3.